The largest absolute Gasteiger partial charge is 0.460 e. The maximum absolute atomic E-state index is 13.9. The molecular weight excluding hydrogens is 564 g/mol. The zero-order chi connectivity index (χ0) is 28.7. The van der Waals surface area contributed by atoms with Crippen LogP contribution in [-0.2, 0) is 9.84 Å². The van der Waals surface area contributed by atoms with Gasteiger partial charge in [-0.2, -0.15) is 0 Å². The number of hydrogen-bond acceptors (Lipinski definition) is 9. The van der Waals surface area contributed by atoms with E-state index < -0.39 is 15.8 Å². The van der Waals surface area contributed by atoms with Crippen molar-refractivity contribution in [2.24, 2.45) is 5.41 Å². The molecule has 5 heterocycles. The molecule has 2 saturated heterocycles. The molecule has 9 nitrogen and oxygen atoms in total. The summed E-state index contributed by atoms with van der Waals surface area (Å²) in [5.41, 5.74) is 2.87. The van der Waals surface area contributed by atoms with Gasteiger partial charge >= 0.3 is 0 Å². The molecule has 220 valence electrons. The highest BCUT2D eigenvalue weighted by molar-refractivity contribution is 7.92. The highest BCUT2D eigenvalue weighted by atomic mass is 32.2. The number of fused-ring (bicyclic) bond motifs is 1. The number of halogens is 2. The molecule has 2 saturated carbocycles. The maximum Gasteiger partial charge on any atom is 0.266 e. The second-order valence-electron chi connectivity index (χ2n) is 12.3. The van der Waals surface area contributed by atoms with Gasteiger partial charge in [0.15, 0.2) is 21.2 Å². The van der Waals surface area contributed by atoms with Crippen LogP contribution in [-0.4, -0.2) is 61.0 Å². The van der Waals surface area contributed by atoms with Crippen LogP contribution in [0.25, 0.3) is 34.0 Å². The zero-order valence-electron chi connectivity index (χ0n) is 23.1. The summed E-state index contributed by atoms with van der Waals surface area (Å²) in [5.74, 6) is -1.75. The molecule has 0 unspecified atom stereocenters. The van der Waals surface area contributed by atoms with Crippen LogP contribution in [0.15, 0.2) is 50.3 Å². The zero-order valence-corrected chi connectivity index (χ0v) is 23.9. The van der Waals surface area contributed by atoms with Gasteiger partial charge in [-0.25, -0.2) is 22.2 Å². The van der Waals surface area contributed by atoms with E-state index in [-0.39, 0.29) is 43.0 Å². The second kappa shape index (κ2) is 9.23. The molecule has 0 amide bonds. The predicted octanol–water partition coefficient (Wildman–Crippen LogP) is 6.10. The van der Waals surface area contributed by atoms with Crippen molar-refractivity contribution in [3.05, 3.63) is 36.6 Å². The number of rotatable bonds is 6. The second-order valence-corrected chi connectivity index (χ2v) is 14.6. The first kappa shape index (κ1) is 26.1. The predicted molar refractivity (Wildman–Crippen MR) is 152 cm³/mol. The lowest BCUT2D eigenvalue weighted by Gasteiger charge is -2.34. The van der Waals surface area contributed by atoms with Gasteiger partial charge in [-0.15, -0.1) is 10.2 Å². The van der Waals surface area contributed by atoms with Gasteiger partial charge in [-0.05, 0) is 74.3 Å². The molecular formula is C30H31F2N5O4S. The van der Waals surface area contributed by atoms with Crippen LogP contribution in [0.1, 0.15) is 51.4 Å². The van der Waals surface area contributed by atoms with Gasteiger partial charge in [0.1, 0.15) is 5.69 Å². The molecule has 1 aromatic carbocycles. The van der Waals surface area contributed by atoms with Gasteiger partial charge in [-0.1, -0.05) is 0 Å². The van der Waals surface area contributed by atoms with E-state index in [4.69, 9.17) is 13.8 Å². The Hall–Kier alpha value is -3.54. The van der Waals surface area contributed by atoms with Crippen molar-refractivity contribution in [2.75, 3.05) is 36.0 Å². The van der Waals surface area contributed by atoms with Gasteiger partial charge in [0, 0.05) is 44.4 Å². The molecule has 42 heavy (non-hydrogen) atoms. The van der Waals surface area contributed by atoms with Crippen LogP contribution in [0.5, 0.6) is 0 Å². The molecule has 0 atom stereocenters. The van der Waals surface area contributed by atoms with Crippen LogP contribution in [0.4, 0.5) is 20.3 Å². The van der Waals surface area contributed by atoms with Crippen molar-refractivity contribution in [3.8, 4) is 23.0 Å². The van der Waals surface area contributed by atoms with Crippen molar-refractivity contribution >= 4 is 32.3 Å². The van der Waals surface area contributed by atoms with Gasteiger partial charge in [-0.3, -0.25) is 0 Å². The van der Waals surface area contributed by atoms with E-state index in [1.165, 1.54) is 12.8 Å². The molecule has 3 aromatic heterocycles. The number of benzene rings is 1. The minimum absolute atomic E-state index is 0.158. The fourth-order valence-corrected chi connectivity index (χ4v) is 8.04. The quantitative estimate of drug-likeness (QED) is 0.262. The Balaban J connectivity index is 1.16. The van der Waals surface area contributed by atoms with Crippen molar-refractivity contribution in [1.29, 1.82) is 0 Å². The van der Waals surface area contributed by atoms with Crippen LogP contribution in [0.2, 0.25) is 0 Å². The third-order valence-electron chi connectivity index (χ3n) is 9.47. The number of nitrogens with zero attached hydrogens (tertiary/aromatic N) is 5. The molecule has 0 radical (unpaired) electrons. The van der Waals surface area contributed by atoms with Crippen molar-refractivity contribution in [2.45, 2.75) is 67.4 Å². The highest BCUT2D eigenvalue weighted by Gasteiger charge is 2.45. The standard InChI is InChI=1S/C30H31F2N5O4S/c31-30(32)10-14-37(15-11-30)26-25-19(5-16-40-25)17-23(33-26)28-35-34-27(41-28)22-4-3-21(42(38,39)20-1-2-20)18-24(22)36-12-8-29(6-7-29)9-13-36/h3-5,16-18,20H,1-2,6-15H2. The Bertz CT molecular complexity index is 1770. The number of alkyl halides is 2. The van der Waals surface area contributed by atoms with E-state index in [0.29, 0.717) is 45.8 Å². The van der Waals surface area contributed by atoms with Gasteiger partial charge in [0.05, 0.1) is 27.7 Å². The van der Waals surface area contributed by atoms with E-state index in [9.17, 15) is 17.2 Å². The Kier molecular flexibility index (Phi) is 5.74. The van der Waals surface area contributed by atoms with Crippen molar-refractivity contribution in [1.82, 2.24) is 15.2 Å². The molecule has 0 N–H and O–H groups in total. The summed E-state index contributed by atoms with van der Waals surface area (Å²) in [6, 6.07) is 8.76. The van der Waals surface area contributed by atoms with E-state index in [1.807, 2.05) is 4.90 Å². The lowest BCUT2D eigenvalue weighted by Crippen LogP contribution is -2.39. The Morgan fingerprint density at radius 3 is 2.29 bits per heavy atom. The summed E-state index contributed by atoms with van der Waals surface area (Å²) in [5, 5.41) is 9.12. The summed E-state index contributed by atoms with van der Waals surface area (Å²) in [7, 11) is -3.38. The molecule has 4 aliphatic rings. The molecule has 4 aromatic rings. The summed E-state index contributed by atoms with van der Waals surface area (Å²) >= 11 is 0. The van der Waals surface area contributed by atoms with Gasteiger partial charge in [0.2, 0.25) is 5.89 Å². The van der Waals surface area contributed by atoms with E-state index in [2.05, 4.69) is 15.1 Å². The van der Waals surface area contributed by atoms with E-state index in [1.54, 1.807) is 36.6 Å². The van der Waals surface area contributed by atoms with Gasteiger partial charge < -0.3 is 18.6 Å². The van der Waals surface area contributed by atoms with E-state index in [0.717, 1.165) is 37.0 Å². The molecule has 4 fully saturated rings. The number of furan rings is 1. The summed E-state index contributed by atoms with van der Waals surface area (Å²) in [6.45, 7) is 2.01. The monoisotopic (exact) mass is 595 g/mol. The van der Waals surface area contributed by atoms with E-state index >= 15 is 0 Å². The average molecular weight is 596 g/mol. The molecule has 8 rings (SSSR count). The smallest absolute Gasteiger partial charge is 0.266 e. The maximum atomic E-state index is 13.9. The molecule has 2 aliphatic carbocycles. The summed E-state index contributed by atoms with van der Waals surface area (Å²) in [4.78, 5) is 9.12. The normalized spacial score (nSPS) is 21.8. The fourth-order valence-electron chi connectivity index (χ4n) is 6.36. The number of piperidine rings is 2. The van der Waals surface area contributed by atoms with Crippen molar-refractivity contribution in [3.63, 3.8) is 0 Å². The lowest BCUT2D eigenvalue weighted by atomic mass is 9.93. The minimum atomic E-state index is -3.38. The molecule has 0 bridgehead atoms. The van der Waals surface area contributed by atoms with Crippen LogP contribution in [0.3, 0.4) is 0 Å². The SMILES string of the molecule is O=S(=O)(c1ccc(-c2nnc(-c3cc4ccoc4c(N4CCC(F)(F)CC4)n3)o2)c(N2CCC3(CC2)CC3)c1)C1CC1. The topological polar surface area (TPSA) is 106 Å². The highest BCUT2D eigenvalue weighted by Crippen LogP contribution is 2.54. The van der Waals surface area contributed by atoms with Gasteiger partial charge in [0.25, 0.3) is 11.8 Å². The minimum Gasteiger partial charge on any atom is -0.460 e. The van der Waals surface area contributed by atoms with Crippen LogP contribution >= 0.6 is 0 Å². The summed E-state index contributed by atoms with van der Waals surface area (Å²) < 4.78 is 65.8. The first-order valence-corrected chi connectivity index (χ1v) is 16.2. The fraction of sp³-hybridized carbons (Fsp3) is 0.500. The first-order chi connectivity index (χ1) is 20.2. The molecule has 1 spiro atoms. The number of pyridine rings is 1. The summed E-state index contributed by atoms with van der Waals surface area (Å²) in [6.07, 6.45) is 7.16. The number of anilines is 2. The third-order valence-corrected chi connectivity index (χ3v) is 11.7. The Labute approximate surface area is 241 Å². The number of aromatic nitrogens is 3. The lowest BCUT2D eigenvalue weighted by molar-refractivity contribution is -0.0221. The number of sulfone groups is 1. The van der Waals surface area contributed by atoms with Crippen LogP contribution < -0.4 is 9.80 Å². The molecule has 12 heteroatoms. The Morgan fingerprint density at radius 2 is 1.57 bits per heavy atom. The van der Waals surface area contributed by atoms with Crippen molar-refractivity contribution < 1.29 is 26.0 Å². The first-order valence-electron chi connectivity index (χ1n) is 14.7. The third kappa shape index (κ3) is 4.54. The number of hydrogen-bond donors (Lipinski definition) is 0. The van der Waals surface area contributed by atoms with Crippen LogP contribution in [0, 0.1) is 5.41 Å². The average Bonchev–Trinajstić information content (AvgIpc) is 3.88. The molecule has 2 aliphatic heterocycles. The Morgan fingerprint density at radius 1 is 0.857 bits per heavy atom.